The second kappa shape index (κ2) is 11.8. The van der Waals surface area contributed by atoms with E-state index in [0.717, 1.165) is 10.8 Å². The van der Waals surface area contributed by atoms with Crippen molar-refractivity contribution in [2.45, 2.75) is 52.6 Å². The number of amides is 2. The Morgan fingerprint density at radius 1 is 0.652 bits per heavy atom. The number of aliphatic imine (C=N–C) groups is 2. The molecule has 4 N–H and O–H groups in total. The normalized spacial score (nSPS) is 20.7. The first kappa shape index (κ1) is 31.9. The van der Waals surface area contributed by atoms with Crippen molar-refractivity contribution in [2.24, 2.45) is 21.8 Å². The van der Waals surface area contributed by atoms with Crippen LogP contribution < -0.4 is 10.6 Å². The topological polar surface area (TPSA) is 183 Å². The fourth-order valence-corrected chi connectivity index (χ4v) is 5.02. The maximum Gasteiger partial charge on any atom is 0.338 e. The van der Waals surface area contributed by atoms with Crippen LogP contribution in [0, 0.1) is 11.8 Å². The minimum absolute atomic E-state index is 0.0197. The lowest BCUT2D eigenvalue weighted by Gasteiger charge is -2.21. The van der Waals surface area contributed by atoms with Crippen molar-refractivity contribution in [1.82, 2.24) is 20.6 Å². The molecule has 0 saturated carbocycles. The van der Waals surface area contributed by atoms with E-state index in [1.165, 1.54) is 0 Å². The summed E-state index contributed by atoms with van der Waals surface area (Å²) in [6.07, 6.45) is 0. The van der Waals surface area contributed by atoms with Crippen molar-refractivity contribution in [3.05, 3.63) is 83.2 Å². The number of para-hydroxylation sites is 2. The number of hydrogen-bond donors (Lipinski definition) is 4. The molecule has 0 aliphatic carbocycles. The van der Waals surface area contributed by atoms with Gasteiger partial charge in [0, 0.05) is 10.8 Å². The molecule has 0 radical (unpaired) electrons. The van der Waals surface area contributed by atoms with Gasteiger partial charge in [-0.05, 0) is 49.9 Å². The average molecular weight is 623 g/mol. The van der Waals surface area contributed by atoms with E-state index in [-0.39, 0.29) is 57.8 Å². The number of fused-ring (bicyclic) bond motifs is 2. The van der Waals surface area contributed by atoms with Gasteiger partial charge >= 0.3 is 11.9 Å². The zero-order chi connectivity index (χ0) is 33.6. The maximum atomic E-state index is 12.3. The number of carbonyl (C=O) groups is 4. The first-order valence-electron chi connectivity index (χ1n) is 14.7. The number of hydrogen-bond acceptors (Lipinski definition) is 8. The van der Waals surface area contributed by atoms with Crippen LogP contribution >= 0.6 is 0 Å². The van der Waals surface area contributed by atoms with Crippen LogP contribution in [0.3, 0.4) is 0 Å². The average Bonchev–Trinajstić information content (AvgIpc) is 3.51. The zero-order valence-electron chi connectivity index (χ0n) is 26.2. The van der Waals surface area contributed by atoms with Crippen LogP contribution in [-0.2, 0) is 9.59 Å². The van der Waals surface area contributed by atoms with Gasteiger partial charge in [-0.3, -0.25) is 9.59 Å². The molecule has 12 nitrogen and oxygen atoms in total. The largest absolute Gasteiger partial charge is 0.478 e. The van der Waals surface area contributed by atoms with Crippen LogP contribution in [-0.4, -0.2) is 66.7 Å². The van der Waals surface area contributed by atoms with E-state index in [0.29, 0.717) is 11.0 Å². The van der Waals surface area contributed by atoms with Crippen LogP contribution in [0.1, 0.15) is 73.6 Å². The van der Waals surface area contributed by atoms with E-state index in [9.17, 15) is 29.4 Å². The van der Waals surface area contributed by atoms with Crippen molar-refractivity contribution in [1.29, 1.82) is 0 Å². The monoisotopic (exact) mass is 622 g/mol. The quantitative estimate of drug-likeness (QED) is 0.243. The number of pyridine rings is 2. The molecule has 2 aliphatic heterocycles. The highest BCUT2D eigenvalue weighted by Gasteiger charge is 2.44. The zero-order valence-corrected chi connectivity index (χ0v) is 26.2. The lowest BCUT2D eigenvalue weighted by atomic mass is 9.89. The Bertz CT molecular complexity index is 1860. The molecule has 2 aromatic carbocycles. The Balaban J connectivity index is 0.000000181. The molecule has 2 aromatic heterocycles. The molecule has 12 heteroatoms. The van der Waals surface area contributed by atoms with E-state index >= 15 is 0 Å². The third kappa shape index (κ3) is 5.57. The fourth-order valence-electron chi connectivity index (χ4n) is 5.02. The highest BCUT2D eigenvalue weighted by atomic mass is 16.4. The third-order valence-electron chi connectivity index (χ3n) is 8.68. The molecule has 236 valence electrons. The van der Waals surface area contributed by atoms with E-state index in [2.05, 4.69) is 30.6 Å². The van der Waals surface area contributed by atoms with Gasteiger partial charge in [0.1, 0.15) is 22.5 Å². The lowest BCUT2D eigenvalue weighted by Crippen LogP contribution is -2.41. The smallest absolute Gasteiger partial charge is 0.338 e. The first-order valence-corrected chi connectivity index (χ1v) is 14.7. The predicted molar refractivity (Wildman–Crippen MR) is 173 cm³/mol. The summed E-state index contributed by atoms with van der Waals surface area (Å²) < 4.78 is 0. The molecule has 0 bridgehead atoms. The number of nitrogens with zero attached hydrogens (tertiary/aromatic N) is 4. The number of benzene rings is 2. The molecular weight excluding hydrogens is 588 g/mol. The molecule has 0 fully saturated rings. The highest BCUT2D eigenvalue weighted by molar-refractivity contribution is 6.19. The van der Waals surface area contributed by atoms with Crippen molar-refractivity contribution >= 4 is 57.2 Å². The summed E-state index contributed by atoms with van der Waals surface area (Å²) in [7, 11) is 0. The molecule has 0 saturated heterocycles. The van der Waals surface area contributed by atoms with Crippen LogP contribution in [0.15, 0.2) is 70.6 Å². The molecule has 4 heterocycles. The SMILES string of the molecule is CC(C)C1(C)N=C(c2nc3ccccc3cc2C(=O)O)NC1=O.CC(C)C1(C)N=C(c2nc3ccccc3cc2C(=O)O)NC1=O. The Morgan fingerprint density at radius 2 is 1.00 bits per heavy atom. The Morgan fingerprint density at radius 3 is 1.30 bits per heavy atom. The summed E-state index contributed by atoms with van der Waals surface area (Å²) in [5.41, 5.74) is -0.101. The second-order valence-electron chi connectivity index (χ2n) is 12.2. The summed E-state index contributed by atoms with van der Waals surface area (Å²) in [6.45, 7) is 11.1. The molecule has 2 atom stereocenters. The molecule has 4 aromatic rings. The number of carboxylic acids is 2. The molecule has 2 amide bonds. The molecule has 0 spiro atoms. The van der Waals surface area contributed by atoms with Gasteiger partial charge in [-0.25, -0.2) is 29.5 Å². The van der Waals surface area contributed by atoms with Gasteiger partial charge in [0.15, 0.2) is 11.7 Å². The van der Waals surface area contributed by atoms with Crippen LogP contribution in [0.2, 0.25) is 0 Å². The minimum atomic E-state index is -1.10. The fraction of sp³-hybridized carbons (Fsp3) is 0.294. The highest BCUT2D eigenvalue weighted by Crippen LogP contribution is 2.29. The number of aromatic carboxylic acids is 2. The third-order valence-corrected chi connectivity index (χ3v) is 8.68. The van der Waals surface area contributed by atoms with Crippen molar-refractivity contribution in [3.63, 3.8) is 0 Å². The lowest BCUT2D eigenvalue weighted by molar-refractivity contribution is -0.125. The number of carbonyl (C=O) groups excluding carboxylic acids is 2. The van der Waals surface area contributed by atoms with Crippen LogP contribution in [0.4, 0.5) is 0 Å². The van der Waals surface area contributed by atoms with Crippen LogP contribution in [0.5, 0.6) is 0 Å². The predicted octanol–water partition coefficient (Wildman–Crippen LogP) is 4.45. The molecule has 6 rings (SSSR count). The van der Waals surface area contributed by atoms with Crippen molar-refractivity contribution in [3.8, 4) is 0 Å². The van der Waals surface area contributed by atoms with Gasteiger partial charge in [-0.15, -0.1) is 0 Å². The molecular formula is C34H34N6O6. The molecule has 46 heavy (non-hydrogen) atoms. The summed E-state index contributed by atoms with van der Waals surface area (Å²) in [4.78, 5) is 65.4. The standard InChI is InChI=1S/2C17H17N3O3/c2*1-9(2)17(3)16(23)19-14(20-17)13-11(15(21)22)8-10-6-4-5-7-12(10)18-13/h2*4-9H,1-3H3,(H,21,22)(H,19,20,23). The number of nitrogens with one attached hydrogen (secondary N) is 2. The van der Waals surface area contributed by atoms with E-state index in [4.69, 9.17) is 0 Å². The summed E-state index contributed by atoms with van der Waals surface area (Å²) in [5.74, 6) is -2.30. The van der Waals surface area contributed by atoms with Gasteiger partial charge in [0.2, 0.25) is 0 Å². The van der Waals surface area contributed by atoms with Crippen molar-refractivity contribution < 1.29 is 29.4 Å². The summed E-state index contributed by atoms with van der Waals surface area (Å²) in [5, 5.41) is 25.8. The van der Waals surface area contributed by atoms with E-state index in [1.54, 1.807) is 50.2 Å². The molecule has 2 aliphatic rings. The number of rotatable bonds is 6. The number of carboxylic acid groups (broad SMARTS) is 2. The van der Waals surface area contributed by atoms with Crippen LogP contribution in [0.25, 0.3) is 21.8 Å². The summed E-state index contributed by atoms with van der Waals surface area (Å²) in [6, 6.07) is 17.6. The van der Waals surface area contributed by atoms with Gasteiger partial charge in [0.25, 0.3) is 11.8 Å². The number of aromatic nitrogens is 2. The van der Waals surface area contributed by atoms with Gasteiger partial charge in [-0.2, -0.15) is 0 Å². The Labute approximate surface area is 264 Å². The minimum Gasteiger partial charge on any atom is -0.478 e. The molecule has 2 unspecified atom stereocenters. The number of amidine groups is 2. The maximum absolute atomic E-state index is 12.3. The second-order valence-corrected chi connectivity index (χ2v) is 12.2. The van der Waals surface area contributed by atoms with Gasteiger partial charge in [0.05, 0.1) is 22.2 Å². The Kier molecular flexibility index (Phi) is 8.16. The van der Waals surface area contributed by atoms with E-state index in [1.807, 2.05) is 52.0 Å². The van der Waals surface area contributed by atoms with E-state index < -0.39 is 23.0 Å². The first-order chi connectivity index (χ1) is 21.7. The summed E-state index contributed by atoms with van der Waals surface area (Å²) >= 11 is 0. The van der Waals surface area contributed by atoms with Gasteiger partial charge < -0.3 is 20.8 Å². The van der Waals surface area contributed by atoms with Crippen molar-refractivity contribution in [2.75, 3.05) is 0 Å². The van der Waals surface area contributed by atoms with Gasteiger partial charge in [-0.1, -0.05) is 64.1 Å². The Hall–Kier alpha value is -5.52.